The van der Waals surface area contributed by atoms with E-state index in [9.17, 15) is 39.6 Å². The van der Waals surface area contributed by atoms with E-state index in [0.29, 0.717) is 0 Å². The molecule has 0 aliphatic rings. The molecule has 0 rings (SSSR count). The largest absolute Gasteiger partial charge is 2.00 e. The van der Waals surface area contributed by atoms with Crippen LogP contribution in [0.5, 0.6) is 0 Å². The molecule has 0 aromatic heterocycles. The van der Waals surface area contributed by atoms with E-state index >= 15 is 0 Å². The van der Waals surface area contributed by atoms with Gasteiger partial charge in [0.15, 0.2) is 0 Å². The fraction of sp³-hybridized carbons (Fsp3) is 0.600. The van der Waals surface area contributed by atoms with Gasteiger partial charge in [0.1, 0.15) is 0 Å². The van der Waals surface area contributed by atoms with Crippen molar-refractivity contribution in [1.29, 1.82) is 0 Å². The number of carbonyl (C=O) groups excluding carboxylic acids is 4. The van der Waals surface area contributed by atoms with Crippen LogP contribution >= 0.6 is 0 Å². The molecule has 0 radical (unpaired) electrons. The molecule has 27 heavy (non-hydrogen) atoms. The minimum atomic E-state index is -1.44. The summed E-state index contributed by atoms with van der Waals surface area (Å²) in [5, 5.41) is 39.2. The first-order chi connectivity index (χ1) is 9.07. The van der Waals surface area contributed by atoms with Gasteiger partial charge < -0.3 is 78.5 Å². The van der Waals surface area contributed by atoms with Crippen LogP contribution in [-0.2, 0) is 19.2 Å². The molecule has 0 aliphatic carbocycles. The van der Waals surface area contributed by atoms with Crippen molar-refractivity contribution in [3.63, 3.8) is 0 Å². The third-order valence-electron chi connectivity index (χ3n) is 1.92. The number of aliphatic carboxylic acids is 4. The predicted octanol–water partition coefficient (Wildman–Crippen LogP) is -11.7. The summed E-state index contributed by atoms with van der Waals surface area (Å²) in [4.78, 5) is 39.2. The first-order valence-corrected chi connectivity index (χ1v) is 5.40. The summed E-state index contributed by atoms with van der Waals surface area (Å²) >= 11 is 0. The van der Waals surface area contributed by atoms with Crippen LogP contribution in [-0.4, -0.2) is 154 Å². The van der Waals surface area contributed by atoms with Crippen molar-refractivity contribution in [3.8, 4) is 0 Å². The second kappa shape index (κ2) is 34.1. The molecule has 0 spiro atoms. The second-order valence-corrected chi connectivity index (χ2v) is 3.67. The Hall–Kier alpha value is 0.561. The van der Waals surface area contributed by atoms with Crippen molar-refractivity contribution in [2.24, 2.45) is 11.5 Å². The molecule has 0 aromatic carbocycles. The van der Waals surface area contributed by atoms with Crippen LogP contribution in [0.3, 0.4) is 0 Å². The summed E-state index contributed by atoms with van der Waals surface area (Å²) in [6.07, 6.45) is -1.00. The molecule has 0 fully saturated rings. The third-order valence-corrected chi connectivity index (χ3v) is 1.92. The van der Waals surface area contributed by atoms with E-state index < -0.39 is 36.0 Å². The first kappa shape index (κ1) is 56.4. The summed E-state index contributed by atoms with van der Waals surface area (Å²) in [6.45, 7) is 0. The van der Waals surface area contributed by atoms with Crippen molar-refractivity contribution in [1.82, 2.24) is 0 Å². The molecule has 2 atom stereocenters. The smallest absolute Gasteiger partial charge is 0.550 e. The molecule has 15 nitrogen and oxygen atoms in total. The SMILES string of the molecule is N[C@@H](CCC(=O)[O-])C(=O)[O-].N[C@H](CCC(=O)[O-])C(=O)[O-].O.O.O.O.O.[Sr+2].[Sr+2]. The fourth-order valence-electron chi connectivity index (χ4n) is 0.782. The van der Waals surface area contributed by atoms with E-state index in [2.05, 4.69) is 0 Å². The number of nitrogens with two attached hydrogens (primary N) is 2. The van der Waals surface area contributed by atoms with E-state index in [1.165, 1.54) is 0 Å². The van der Waals surface area contributed by atoms with Crippen LogP contribution < -0.4 is 31.9 Å². The predicted molar refractivity (Wildman–Crippen MR) is 84.0 cm³/mol. The van der Waals surface area contributed by atoms with Gasteiger partial charge in [0, 0.05) is 24.0 Å². The topological polar surface area (TPSA) is 370 Å². The Morgan fingerprint density at radius 3 is 0.889 bits per heavy atom. The van der Waals surface area contributed by atoms with Crippen LogP contribution in [0.4, 0.5) is 0 Å². The molecule has 0 aromatic rings. The minimum Gasteiger partial charge on any atom is -0.550 e. The zero-order valence-corrected chi connectivity index (χ0v) is 21.3. The van der Waals surface area contributed by atoms with Crippen LogP contribution in [0, 0.1) is 0 Å². The molecule has 0 unspecified atom stereocenters. The maximum Gasteiger partial charge on any atom is 2.00 e. The minimum absolute atomic E-state index is 0. The van der Waals surface area contributed by atoms with Crippen molar-refractivity contribution >= 4 is 115 Å². The Kier molecular flexibility index (Phi) is 71.3. The van der Waals surface area contributed by atoms with Crippen LogP contribution in [0.25, 0.3) is 0 Å². The Morgan fingerprint density at radius 1 is 0.593 bits per heavy atom. The molecular weight excluding hydrogens is 531 g/mol. The third kappa shape index (κ3) is 46.5. The number of carbonyl (C=O) groups is 4. The standard InChI is InChI=1S/2C5H9NO4.5H2O.2Sr/c2*6-3(5(9)10)1-2-4(7)8;;;;;;;/h2*3H,1-2,6H2,(H,7,8)(H,9,10);5*1H2;;/q;;;;;;;2*+2/p-4/t2*3-;;;;;;;/m10......./s1. The van der Waals surface area contributed by atoms with E-state index in [0.717, 1.165) is 0 Å². The molecule has 14 N–H and O–H groups in total. The van der Waals surface area contributed by atoms with Gasteiger partial charge in [-0.15, -0.1) is 0 Å². The van der Waals surface area contributed by atoms with Crippen LogP contribution in [0.2, 0.25) is 0 Å². The zero-order chi connectivity index (χ0) is 16.3. The van der Waals surface area contributed by atoms with Crippen LogP contribution in [0.1, 0.15) is 25.7 Å². The van der Waals surface area contributed by atoms with E-state index in [1.54, 1.807) is 0 Å². The molecule has 17 heteroatoms. The van der Waals surface area contributed by atoms with Crippen molar-refractivity contribution in [2.75, 3.05) is 0 Å². The average molecular weight is 556 g/mol. The van der Waals surface area contributed by atoms with Gasteiger partial charge in [-0.05, 0) is 25.7 Å². The monoisotopic (exact) mass is 556 g/mol. The Morgan fingerprint density at radius 2 is 0.778 bits per heavy atom. The summed E-state index contributed by atoms with van der Waals surface area (Å²) in [6, 6.07) is -2.42. The molecule has 0 bridgehead atoms. The van der Waals surface area contributed by atoms with E-state index in [-0.39, 0.29) is 144 Å². The Labute approximate surface area is 228 Å². The molecule has 0 heterocycles. The molecular formula is C10H24N2O13Sr2. The second-order valence-electron chi connectivity index (χ2n) is 3.67. The quantitative estimate of drug-likeness (QED) is 0.266. The van der Waals surface area contributed by atoms with Gasteiger partial charge in [-0.1, -0.05) is 0 Å². The summed E-state index contributed by atoms with van der Waals surface area (Å²) < 4.78 is 0. The zero-order valence-electron chi connectivity index (χ0n) is 14.3. The van der Waals surface area contributed by atoms with Gasteiger partial charge >= 0.3 is 91.0 Å². The number of carboxylic acids is 4. The molecule has 0 amide bonds. The van der Waals surface area contributed by atoms with E-state index in [1.807, 2.05) is 0 Å². The number of hydrogen-bond donors (Lipinski definition) is 2. The van der Waals surface area contributed by atoms with Gasteiger partial charge in [-0.25, -0.2) is 0 Å². The van der Waals surface area contributed by atoms with Gasteiger partial charge in [0.05, 0.1) is 11.9 Å². The van der Waals surface area contributed by atoms with Gasteiger partial charge in [-0.3, -0.25) is 0 Å². The van der Waals surface area contributed by atoms with E-state index in [4.69, 9.17) is 11.5 Å². The average Bonchev–Trinajstić information content (AvgIpc) is 2.33. The van der Waals surface area contributed by atoms with Crippen molar-refractivity contribution in [3.05, 3.63) is 0 Å². The number of hydrogen-bond acceptors (Lipinski definition) is 10. The summed E-state index contributed by atoms with van der Waals surface area (Å²) in [7, 11) is 0. The molecule has 0 saturated carbocycles. The number of rotatable bonds is 8. The fourth-order valence-corrected chi connectivity index (χ4v) is 0.782. The number of carboxylic acid groups (broad SMARTS) is 4. The van der Waals surface area contributed by atoms with Crippen molar-refractivity contribution in [2.45, 2.75) is 37.8 Å². The maximum atomic E-state index is 9.86. The molecule has 156 valence electrons. The van der Waals surface area contributed by atoms with Crippen LogP contribution in [0.15, 0.2) is 0 Å². The summed E-state index contributed by atoms with van der Waals surface area (Å²) in [5.41, 5.74) is 9.82. The Bertz CT molecular complexity index is 339. The van der Waals surface area contributed by atoms with Gasteiger partial charge in [0.25, 0.3) is 0 Å². The summed E-state index contributed by atoms with van der Waals surface area (Å²) in [5.74, 6) is -5.50. The normalized spacial score (nSPS) is 9.26. The molecule has 0 aliphatic heterocycles. The Balaban J connectivity index is -0.0000000272. The first-order valence-electron chi connectivity index (χ1n) is 5.40. The van der Waals surface area contributed by atoms with Gasteiger partial charge in [0.2, 0.25) is 0 Å². The molecule has 0 saturated heterocycles. The maximum absolute atomic E-state index is 9.86. The van der Waals surface area contributed by atoms with Crippen molar-refractivity contribution < 1.29 is 67.0 Å². The van der Waals surface area contributed by atoms with Gasteiger partial charge in [-0.2, -0.15) is 0 Å².